The van der Waals surface area contributed by atoms with Gasteiger partial charge in [0.25, 0.3) is 5.91 Å². The molecule has 0 fully saturated rings. The van der Waals surface area contributed by atoms with Crippen LogP contribution in [0.1, 0.15) is 19.4 Å². The van der Waals surface area contributed by atoms with Crippen LogP contribution in [0.4, 0.5) is 0 Å². The molecule has 0 bridgehead atoms. The van der Waals surface area contributed by atoms with Crippen LogP contribution in [0.5, 0.6) is 5.75 Å². The fourth-order valence-corrected chi connectivity index (χ4v) is 2.57. The number of halogens is 1. The number of ether oxygens (including phenoxy) is 1. The molecule has 1 aromatic carbocycles. The second kappa shape index (κ2) is 9.52. The number of rotatable bonds is 8. The van der Waals surface area contributed by atoms with Gasteiger partial charge in [-0.25, -0.2) is 0 Å². The summed E-state index contributed by atoms with van der Waals surface area (Å²) in [7, 11) is 3.55. The van der Waals surface area contributed by atoms with Crippen molar-refractivity contribution < 1.29 is 19.2 Å². The second-order valence-corrected chi connectivity index (χ2v) is 6.68. The molecule has 0 aromatic heterocycles. The minimum atomic E-state index is -0.181. The predicted octanol–water partition coefficient (Wildman–Crippen LogP) is 0.113. The highest BCUT2D eigenvalue weighted by atomic mass is 79.9. The van der Waals surface area contributed by atoms with Gasteiger partial charge in [-0.05, 0) is 32.0 Å². The van der Waals surface area contributed by atoms with Gasteiger partial charge in [0.15, 0.2) is 6.54 Å². The maximum absolute atomic E-state index is 11.9. The molecular weight excluding hydrogens is 362 g/mol. The Labute approximate surface area is 145 Å². The highest BCUT2D eigenvalue weighted by Gasteiger charge is 2.14. The molecule has 1 aromatic rings. The van der Waals surface area contributed by atoms with Crippen LogP contribution in [-0.2, 0) is 16.1 Å². The van der Waals surface area contributed by atoms with Crippen molar-refractivity contribution in [2.24, 2.45) is 0 Å². The van der Waals surface area contributed by atoms with Crippen LogP contribution in [-0.4, -0.2) is 45.1 Å². The molecule has 6 nitrogen and oxygen atoms in total. The second-order valence-electron chi connectivity index (χ2n) is 5.77. The van der Waals surface area contributed by atoms with Gasteiger partial charge >= 0.3 is 0 Å². The first-order chi connectivity index (χ1) is 10.8. The summed E-state index contributed by atoms with van der Waals surface area (Å²) in [6.45, 7) is 4.69. The smallest absolute Gasteiger partial charge is 0.275 e. The number of amides is 2. The number of carbonyl (C=O) groups is 2. The molecule has 0 saturated heterocycles. The van der Waals surface area contributed by atoms with Crippen molar-refractivity contribution >= 4 is 27.7 Å². The molecule has 0 aliphatic carbocycles. The Bertz CT molecular complexity index is 549. The Morgan fingerprint density at radius 2 is 2.00 bits per heavy atom. The molecule has 7 heteroatoms. The SMILES string of the molecule is COc1ccc(Br)cc1C[NH+](C)CC(=O)NCC(=O)NC(C)C. The molecule has 128 valence electrons. The first-order valence-electron chi connectivity index (χ1n) is 7.51. The quantitative estimate of drug-likeness (QED) is 0.593. The largest absolute Gasteiger partial charge is 0.496 e. The van der Waals surface area contributed by atoms with Crippen LogP contribution in [0.3, 0.4) is 0 Å². The van der Waals surface area contributed by atoms with Gasteiger partial charge in [0.1, 0.15) is 12.3 Å². The van der Waals surface area contributed by atoms with Crippen molar-refractivity contribution in [3.05, 3.63) is 28.2 Å². The fraction of sp³-hybridized carbons (Fsp3) is 0.500. The van der Waals surface area contributed by atoms with E-state index in [2.05, 4.69) is 26.6 Å². The number of likely N-dealkylation sites (N-methyl/N-ethyl adjacent to an activating group) is 1. The Hall–Kier alpha value is -1.60. The molecular formula is C16H25BrN3O3+. The lowest BCUT2D eigenvalue weighted by Crippen LogP contribution is -3.08. The maximum atomic E-state index is 11.9. The molecule has 0 aliphatic rings. The predicted molar refractivity (Wildman–Crippen MR) is 92.4 cm³/mol. The third-order valence-electron chi connectivity index (χ3n) is 3.09. The van der Waals surface area contributed by atoms with E-state index in [4.69, 9.17) is 4.74 Å². The van der Waals surface area contributed by atoms with Gasteiger partial charge < -0.3 is 20.3 Å². The van der Waals surface area contributed by atoms with Crippen LogP contribution in [0.25, 0.3) is 0 Å². The summed E-state index contributed by atoms with van der Waals surface area (Å²) in [6, 6.07) is 5.86. The van der Waals surface area contributed by atoms with E-state index in [0.29, 0.717) is 6.54 Å². The summed E-state index contributed by atoms with van der Waals surface area (Å²) < 4.78 is 6.30. The average molecular weight is 387 g/mol. The van der Waals surface area contributed by atoms with E-state index in [1.807, 2.05) is 39.1 Å². The highest BCUT2D eigenvalue weighted by Crippen LogP contribution is 2.21. The molecule has 1 atom stereocenters. The lowest BCUT2D eigenvalue weighted by molar-refractivity contribution is -0.885. The molecule has 1 rings (SSSR count). The zero-order chi connectivity index (χ0) is 17.4. The number of methoxy groups -OCH3 is 1. The number of quaternary nitrogens is 1. The topological polar surface area (TPSA) is 71.9 Å². The Balaban J connectivity index is 2.47. The standard InChI is InChI=1S/C16H24BrN3O3/c1-11(2)19-15(21)8-18-16(22)10-20(3)9-12-7-13(17)5-6-14(12)23-4/h5-7,11H,8-10H2,1-4H3,(H,18,22)(H,19,21)/p+1. The van der Waals surface area contributed by atoms with Crippen molar-refractivity contribution in [1.29, 1.82) is 0 Å². The Morgan fingerprint density at radius 1 is 1.30 bits per heavy atom. The van der Waals surface area contributed by atoms with E-state index in [1.165, 1.54) is 0 Å². The highest BCUT2D eigenvalue weighted by molar-refractivity contribution is 9.10. The molecule has 0 radical (unpaired) electrons. The van der Waals surface area contributed by atoms with Crippen molar-refractivity contribution in [1.82, 2.24) is 10.6 Å². The maximum Gasteiger partial charge on any atom is 0.275 e. The van der Waals surface area contributed by atoms with Gasteiger partial charge in [-0.2, -0.15) is 0 Å². The first-order valence-corrected chi connectivity index (χ1v) is 8.31. The minimum Gasteiger partial charge on any atom is -0.496 e. The van der Waals surface area contributed by atoms with Crippen LogP contribution < -0.4 is 20.3 Å². The molecule has 0 spiro atoms. The van der Waals surface area contributed by atoms with Gasteiger partial charge in [-0.1, -0.05) is 15.9 Å². The van der Waals surface area contributed by atoms with E-state index in [9.17, 15) is 9.59 Å². The Morgan fingerprint density at radius 3 is 2.61 bits per heavy atom. The van der Waals surface area contributed by atoms with Gasteiger partial charge in [-0.3, -0.25) is 9.59 Å². The van der Waals surface area contributed by atoms with Crippen molar-refractivity contribution in [2.45, 2.75) is 26.4 Å². The minimum absolute atomic E-state index is 0.00446. The lowest BCUT2D eigenvalue weighted by atomic mass is 10.2. The Kier molecular flexibility index (Phi) is 8.05. The van der Waals surface area contributed by atoms with E-state index >= 15 is 0 Å². The van der Waals surface area contributed by atoms with Gasteiger partial charge in [0.2, 0.25) is 5.91 Å². The summed E-state index contributed by atoms with van der Waals surface area (Å²) in [5.74, 6) is 0.458. The van der Waals surface area contributed by atoms with E-state index in [0.717, 1.165) is 20.7 Å². The third kappa shape index (κ3) is 7.47. The molecule has 1 unspecified atom stereocenters. The van der Waals surface area contributed by atoms with Gasteiger partial charge in [0, 0.05) is 16.1 Å². The first kappa shape index (κ1) is 19.4. The van der Waals surface area contributed by atoms with Gasteiger partial charge in [0.05, 0.1) is 20.7 Å². The molecule has 23 heavy (non-hydrogen) atoms. The van der Waals surface area contributed by atoms with Gasteiger partial charge in [-0.15, -0.1) is 0 Å². The summed E-state index contributed by atoms with van der Waals surface area (Å²) >= 11 is 3.44. The van der Waals surface area contributed by atoms with E-state index < -0.39 is 0 Å². The third-order valence-corrected chi connectivity index (χ3v) is 3.59. The van der Waals surface area contributed by atoms with Crippen LogP contribution in [0.2, 0.25) is 0 Å². The summed E-state index contributed by atoms with van der Waals surface area (Å²) in [5.41, 5.74) is 1.02. The number of hydrogen-bond donors (Lipinski definition) is 3. The summed E-state index contributed by atoms with van der Waals surface area (Å²) in [6.07, 6.45) is 0. The molecule has 0 saturated carbocycles. The number of carbonyl (C=O) groups excluding carboxylic acids is 2. The van der Waals surface area contributed by atoms with Crippen molar-refractivity contribution in [3.63, 3.8) is 0 Å². The monoisotopic (exact) mass is 386 g/mol. The van der Waals surface area contributed by atoms with E-state index in [1.54, 1.807) is 7.11 Å². The van der Waals surface area contributed by atoms with Crippen LogP contribution in [0, 0.1) is 0 Å². The average Bonchev–Trinajstić information content (AvgIpc) is 2.44. The van der Waals surface area contributed by atoms with Crippen LogP contribution in [0.15, 0.2) is 22.7 Å². The van der Waals surface area contributed by atoms with Crippen molar-refractivity contribution in [2.75, 3.05) is 27.2 Å². The molecule has 3 N–H and O–H groups in total. The molecule has 0 heterocycles. The number of benzene rings is 1. The number of hydrogen-bond acceptors (Lipinski definition) is 3. The number of nitrogens with one attached hydrogen (secondary N) is 3. The summed E-state index contributed by atoms with van der Waals surface area (Å²) in [5, 5.41) is 5.36. The van der Waals surface area contributed by atoms with Crippen LogP contribution >= 0.6 is 15.9 Å². The fourth-order valence-electron chi connectivity index (χ4n) is 2.16. The molecule has 0 aliphatic heterocycles. The zero-order valence-corrected chi connectivity index (χ0v) is 15.6. The zero-order valence-electron chi connectivity index (χ0n) is 14.0. The van der Waals surface area contributed by atoms with E-state index in [-0.39, 0.29) is 30.9 Å². The normalized spacial score (nSPS) is 11.9. The molecule has 2 amide bonds. The summed E-state index contributed by atoms with van der Waals surface area (Å²) in [4.78, 5) is 24.4. The lowest BCUT2D eigenvalue weighted by Gasteiger charge is -2.16. The van der Waals surface area contributed by atoms with Crippen molar-refractivity contribution in [3.8, 4) is 5.75 Å².